The van der Waals surface area contributed by atoms with E-state index in [4.69, 9.17) is 9.84 Å². The molecule has 0 radical (unpaired) electrons. The summed E-state index contributed by atoms with van der Waals surface area (Å²) in [6.07, 6.45) is 0.519. The van der Waals surface area contributed by atoms with Gasteiger partial charge in [-0.1, -0.05) is 12.1 Å². The van der Waals surface area contributed by atoms with E-state index in [0.29, 0.717) is 17.8 Å². The van der Waals surface area contributed by atoms with Gasteiger partial charge in [0.2, 0.25) is 0 Å². The lowest BCUT2D eigenvalue weighted by molar-refractivity contribution is -0.137. The zero-order valence-electron chi connectivity index (χ0n) is 14.0. The quantitative estimate of drug-likeness (QED) is 0.830. The molecular weight excluding hydrogens is 326 g/mol. The lowest BCUT2D eigenvalue weighted by Crippen LogP contribution is -2.27. The number of aliphatic carboxylic acids is 1. The molecule has 0 spiro atoms. The van der Waals surface area contributed by atoms with Crippen molar-refractivity contribution in [2.24, 2.45) is 0 Å². The van der Waals surface area contributed by atoms with Crippen LogP contribution in [0, 0.1) is 6.92 Å². The molecule has 2 aromatic rings. The molecule has 0 bridgehead atoms. The minimum absolute atomic E-state index is 0.0676. The summed E-state index contributed by atoms with van der Waals surface area (Å²) < 4.78 is 5.16. The number of hydrogen-bond donors (Lipinski definition) is 1. The molecule has 6 heteroatoms. The first-order chi connectivity index (χ1) is 11.4. The maximum absolute atomic E-state index is 12.5. The van der Waals surface area contributed by atoms with E-state index in [0.717, 1.165) is 21.8 Å². The van der Waals surface area contributed by atoms with Crippen molar-refractivity contribution in [2.75, 3.05) is 20.7 Å². The van der Waals surface area contributed by atoms with Crippen LogP contribution in [0.15, 0.2) is 30.3 Å². The van der Waals surface area contributed by atoms with Crippen LogP contribution in [0.5, 0.6) is 5.75 Å². The Balaban J connectivity index is 2.11. The third-order valence-corrected chi connectivity index (χ3v) is 4.80. The van der Waals surface area contributed by atoms with Gasteiger partial charge in [0.1, 0.15) is 5.75 Å². The lowest BCUT2D eigenvalue weighted by atomic mass is 10.1. The SMILES string of the molecule is COc1ccc(-c2cc(C(=O)N(C)CCCC(=O)O)sc2C)cc1. The van der Waals surface area contributed by atoms with Crippen LogP contribution in [0.3, 0.4) is 0 Å². The van der Waals surface area contributed by atoms with E-state index in [2.05, 4.69) is 0 Å². The number of carbonyl (C=O) groups is 2. The Morgan fingerprint density at radius 1 is 1.25 bits per heavy atom. The fourth-order valence-corrected chi connectivity index (χ4v) is 3.44. The molecule has 1 aromatic carbocycles. The van der Waals surface area contributed by atoms with Gasteiger partial charge in [0.15, 0.2) is 0 Å². The molecule has 0 unspecified atom stereocenters. The summed E-state index contributed by atoms with van der Waals surface area (Å²) in [7, 11) is 3.33. The molecule has 128 valence electrons. The first kappa shape index (κ1) is 18.0. The zero-order valence-corrected chi connectivity index (χ0v) is 14.9. The number of rotatable bonds is 7. The van der Waals surface area contributed by atoms with Crippen LogP contribution in [0.2, 0.25) is 0 Å². The number of hydrogen-bond acceptors (Lipinski definition) is 4. The van der Waals surface area contributed by atoms with Crippen molar-refractivity contribution in [1.29, 1.82) is 0 Å². The molecule has 0 fully saturated rings. The average molecular weight is 347 g/mol. The second-order valence-electron chi connectivity index (χ2n) is 5.53. The maximum Gasteiger partial charge on any atom is 0.303 e. The minimum Gasteiger partial charge on any atom is -0.497 e. The molecule has 0 aliphatic carbocycles. The van der Waals surface area contributed by atoms with Crippen molar-refractivity contribution in [3.05, 3.63) is 40.1 Å². The van der Waals surface area contributed by atoms with Crippen molar-refractivity contribution in [3.63, 3.8) is 0 Å². The molecule has 0 saturated heterocycles. The summed E-state index contributed by atoms with van der Waals surface area (Å²) in [4.78, 5) is 26.4. The fraction of sp³-hybridized carbons (Fsp3) is 0.333. The largest absolute Gasteiger partial charge is 0.497 e. The number of aryl methyl sites for hydroxylation is 1. The topological polar surface area (TPSA) is 66.8 Å². The zero-order chi connectivity index (χ0) is 17.7. The van der Waals surface area contributed by atoms with Gasteiger partial charge < -0.3 is 14.7 Å². The highest BCUT2D eigenvalue weighted by atomic mass is 32.1. The van der Waals surface area contributed by atoms with Gasteiger partial charge in [0.05, 0.1) is 12.0 Å². The number of ether oxygens (including phenoxy) is 1. The Hall–Kier alpha value is -2.34. The molecular formula is C18H21NO4S. The predicted molar refractivity (Wildman–Crippen MR) is 94.9 cm³/mol. The molecule has 0 aliphatic rings. The van der Waals surface area contributed by atoms with E-state index in [1.54, 1.807) is 19.1 Å². The predicted octanol–water partition coefficient (Wildman–Crippen LogP) is 3.67. The number of thiophene rings is 1. The number of nitrogens with zero attached hydrogens (tertiary/aromatic N) is 1. The second-order valence-corrected chi connectivity index (χ2v) is 6.79. The maximum atomic E-state index is 12.5. The summed E-state index contributed by atoms with van der Waals surface area (Å²) in [5.41, 5.74) is 2.07. The van der Waals surface area contributed by atoms with E-state index in [1.165, 1.54) is 11.3 Å². The van der Waals surface area contributed by atoms with E-state index in [1.807, 2.05) is 37.3 Å². The highest BCUT2D eigenvalue weighted by molar-refractivity contribution is 7.14. The van der Waals surface area contributed by atoms with Gasteiger partial charge in [-0.05, 0) is 42.7 Å². The van der Waals surface area contributed by atoms with Gasteiger partial charge in [0, 0.05) is 24.9 Å². The molecule has 0 saturated carbocycles. The average Bonchev–Trinajstić information content (AvgIpc) is 2.95. The summed E-state index contributed by atoms with van der Waals surface area (Å²) in [6.45, 7) is 2.42. The van der Waals surface area contributed by atoms with Gasteiger partial charge in [-0.15, -0.1) is 11.3 Å². The summed E-state index contributed by atoms with van der Waals surface area (Å²) in [6, 6.07) is 9.63. The molecule has 1 heterocycles. The monoisotopic (exact) mass is 347 g/mol. The standard InChI is InChI=1S/C18H21NO4S/c1-12-15(13-6-8-14(23-3)9-7-13)11-16(24-12)18(22)19(2)10-4-5-17(20)21/h6-9,11H,4-5,10H2,1-3H3,(H,20,21). The third-order valence-electron chi connectivity index (χ3n) is 3.76. The van der Waals surface area contributed by atoms with Crippen molar-refractivity contribution in [3.8, 4) is 16.9 Å². The third kappa shape index (κ3) is 4.35. The number of benzene rings is 1. The molecule has 1 amide bonds. The van der Waals surface area contributed by atoms with Gasteiger partial charge in [-0.25, -0.2) is 0 Å². The van der Waals surface area contributed by atoms with Crippen LogP contribution >= 0.6 is 11.3 Å². The summed E-state index contributed by atoms with van der Waals surface area (Å²) in [5.74, 6) is -0.126. The van der Waals surface area contributed by atoms with Crippen LogP contribution in [0.1, 0.15) is 27.4 Å². The Morgan fingerprint density at radius 3 is 2.50 bits per heavy atom. The first-order valence-corrected chi connectivity index (χ1v) is 8.46. The molecule has 0 atom stereocenters. The smallest absolute Gasteiger partial charge is 0.303 e. The van der Waals surface area contributed by atoms with Crippen molar-refractivity contribution in [1.82, 2.24) is 4.90 Å². The first-order valence-electron chi connectivity index (χ1n) is 7.64. The molecule has 0 aliphatic heterocycles. The Morgan fingerprint density at radius 2 is 1.92 bits per heavy atom. The number of methoxy groups -OCH3 is 1. The molecule has 1 aromatic heterocycles. The second kappa shape index (κ2) is 7.97. The minimum atomic E-state index is -0.843. The Bertz CT molecular complexity index is 721. The van der Waals surface area contributed by atoms with E-state index in [-0.39, 0.29) is 12.3 Å². The van der Waals surface area contributed by atoms with Crippen LogP contribution in [-0.4, -0.2) is 42.6 Å². The van der Waals surface area contributed by atoms with E-state index >= 15 is 0 Å². The lowest BCUT2D eigenvalue weighted by Gasteiger charge is -2.15. The van der Waals surface area contributed by atoms with E-state index in [9.17, 15) is 9.59 Å². The molecule has 24 heavy (non-hydrogen) atoms. The number of carbonyl (C=O) groups excluding carboxylic acids is 1. The van der Waals surface area contributed by atoms with Crippen LogP contribution in [0.4, 0.5) is 0 Å². The number of carboxylic acid groups (broad SMARTS) is 1. The van der Waals surface area contributed by atoms with Gasteiger partial charge >= 0.3 is 5.97 Å². The summed E-state index contributed by atoms with van der Waals surface area (Å²) >= 11 is 1.46. The highest BCUT2D eigenvalue weighted by Crippen LogP contribution is 2.32. The van der Waals surface area contributed by atoms with Crippen LogP contribution < -0.4 is 4.74 Å². The fourth-order valence-electron chi connectivity index (χ4n) is 2.40. The van der Waals surface area contributed by atoms with Crippen molar-refractivity contribution >= 4 is 23.2 Å². The number of amides is 1. The Kier molecular flexibility index (Phi) is 5.98. The number of carboxylic acids is 1. The summed E-state index contributed by atoms with van der Waals surface area (Å²) in [5, 5.41) is 8.67. The van der Waals surface area contributed by atoms with Crippen LogP contribution in [-0.2, 0) is 4.79 Å². The molecule has 1 N–H and O–H groups in total. The normalized spacial score (nSPS) is 10.5. The molecule has 5 nitrogen and oxygen atoms in total. The van der Waals surface area contributed by atoms with Crippen LogP contribution in [0.25, 0.3) is 11.1 Å². The van der Waals surface area contributed by atoms with Crippen molar-refractivity contribution in [2.45, 2.75) is 19.8 Å². The van der Waals surface area contributed by atoms with Gasteiger partial charge in [-0.3, -0.25) is 9.59 Å². The van der Waals surface area contributed by atoms with E-state index < -0.39 is 5.97 Å². The molecule has 2 rings (SSSR count). The van der Waals surface area contributed by atoms with Gasteiger partial charge in [0.25, 0.3) is 5.91 Å². The van der Waals surface area contributed by atoms with Crippen molar-refractivity contribution < 1.29 is 19.4 Å². The van der Waals surface area contributed by atoms with Gasteiger partial charge in [-0.2, -0.15) is 0 Å². The highest BCUT2D eigenvalue weighted by Gasteiger charge is 2.17. The Labute approximate surface area is 145 Å².